The summed E-state index contributed by atoms with van der Waals surface area (Å²) < 4.78 is 1.20. The molecule has 0 atom stereocenters. The minimum Gasteiger partial charge on any atom is -0.388 e. The Kier molecular flexibility index (Phi) is 3.64. The molecule has 21 heavy (non-hydrogen) atoms. The van der Waals surface area contributed by atoms with E-state index in [0.717, 1.165) is 27.3 Å². The fraction of sp³-hybridized carbons (Fsp3) is 0.167. The molecule has 2 aromatic carbocycles. The van der Waals surface area contributed by atoms with Gasteiger partial charge in [-0.2, -0.15) is 0 Å². The number of nitrogens with one attached hydrogen (secondary N) is 1. The van der Waals surface area contributed by atoms with Crippen molar-refractivity contribution in [2.75, 3.05) is 12.4 Å². The van der Waals surface area contributed by atoms with Crippen molar-refractivity contribution in [3.8, 4) is 11.8 Å². The van der Waals surface area contributed by atoms with Gasteiger partial charge < -0.3 is 5.32 Å². The zero-order chi connectivity index (χ0) is 14.8. The molecule has 2 nitrogen and oxygen atoms in total. The van der Waals surface area contributed by atoms with Crippen LogP contribution in [0.25, 0.3) is 10.2 Å². The van der Waals surface area contributed by atoms with Crippen LogP contribution in [0.5, 0.6) is 0 Å². The number of hydrogen-bond acceptors (Lipinski definition) is 3. The van der Waals surface area contributed by atoms with Gasteiger partial charge in [0.05, 0.1) is 15.2 Å². The van der Waals surface area contributed by atoms with Crippen LogP contribution in [0.3, 0.4) is 0 Å². The standard InChI is InChI=1S/C18H16N2S/c1-12-10-14(6-8-16(12)19-3)4-5-15-7-9-17-18(11-15)21-13(2)20-17/h6-11,19H,1-3H3. The summed E-state index contributed by atoms with van der Waals surface area (Å²) in [6.45, 7) is 4.12. The van der Waals surface area contributed by atoms with E-state index in [2.05, 4.69) is 47.3 Å². The lowest BCUT2D eigenvalue weighted by Gasteiger charge is -2.04. The Hall–Kier alpha value is -2.31. The molecule has 1 N–H and O–H groups in total. The minimum absolute atomic E-state index is 1.03. The second kappa shape index (κ2) is 5.59. The van der Waals surface area contributed by atoms with Gasteiger partial charge >= 0.3 is 0 Å². The number of rotatable bonds is 1. The predicted octanol–water partition coefficient (Wildman–Crippen LogP) is 4.35. The predicted molar refractivity (Wildman–Crippen MR) is 91.1 cm³/mol. The summed E-state index contributed by atoms with van der Waals surface area (Å²) >= 11 is 1.71. The van der Waals surface area contributed by atoms with Gasteiger partial charge in [0.1, 0.15) is 0 Å². The van der Waals surface area contributed by atoms with E-state index in [1.54, 1.807) is 11.3 Å². The molecule has 3 heteroatoms. The molecule has 0 spiro atoms. The van der Waals surface area contributed by atoms with E-state index in [1.165, 1.54) is 10.3 Å². The van der Waals surface area contributed by atoms with Gasteiger partial charge in [-0.05, 0) is 55.8 Å². The van der Waals surface area contributed by atoms with Crippen molar-refractivity contribution < 1.29 is 0 Å². The second-order valence-corrected chi connectivity index (χ2v) is 6.18. The maximum Gasteiger partial charge on any atom is 0.0907 e. The van der Waals surface area contributed by atoms with E-state index in [0.29, 0.717) is 0 Å². The molecule has 1 heterocycles. The first-order valence-corrected chi connectivity index (χ1v) is 7.65. The van der Waals surface area contributed by atoms with Gasteiger partial charge in [-0.15, -0.1) is 11.3 Å². The van der Waals surface area contributed by atoms with E-state index >= 15 is 0 Å². The summed E-state index contributed by atoms with van der Waals surface area (Å²) in [5, 5.41) is 4.26. The summed E-state index contributed by atoms with van der Waals surface area (Å²) in [5.41, 5.74) is 5.46. The highest BCUT2D eigenvalue weighted by molar-refractivity contribution is 7.18. The average Bonchev–Trinajstić information content (AvgIpc) is 2.84. The highest BCUT2D eigenvalue weighted by Gasteiger charge is 2.00. The lowest BCUT2D eigenvalue weighted by Crippen LogP contribution is -1.91. The van der Waals surface area contributed by atoms with Crippen molar-refractivity contribution in [2.45, 2.75) is 13.8 Å². The summed E-state index contributed by atoms with van der Waals surface area (Å²) in [6, 6.07) is 12.4. The molecule has 0 saturated carbocycles. The number of fused-ring (bicyclic) bond motifs is 1. The zero-order valence-electron chi connectivity index (χ0n) is 12.3. The smallest absolute Gasteiger partial charge is 0.0907 e. The Morgan fingerprint density at radius 1 is 1.00 bits per heavy atom. The van der Waals surface area contributed by atoms with Gasteiger partial charge in [-0.3, -0.25) is 0 Å². The van der Waals surface area contributed by atoms with Gasteiger partial charge in [-0.25, -0.2) is 4.98 Å². The van der Waals surface area contributed by atoms with Gasteiger partial charge in [0.15, 0.2) is 0 Å². The van der Waals surface area contributed by atoms with Gasteiger partial charge in [0.25, 0.3) is 0 Å². The normalized spacial score (nSPS) is 10.2. The van der Waals surface area contributed by atoms with Crippen molar-refractivity contribution in [1.29, 1.82) is 0 Å². The van der Waals surface area contributed by atoms with Crippen LogP contribution in [-0.2, 0) is 0 Å². The first kappa shape index (κ1) is 13.7. The molecule has 0 unspecified atom stereocenters. The van der Waals surface area contributed by atoms with E-state index in [1.807, 2.05) is 32.2 Å². The van der Waals surface area contributed by atoms with E-state index in [4.69, 9.17) is 0 Å². The molecule has 0 amide bonds. The Bertz CT molecular complexity index is 866. The molecular weight excluding hydrogens is 276 g/mol. The molecule has 1 aromatic heterocycles. The summed E-state index contributed by atoms with van der Waals surface area (Å²) in [6.07, 6.45) is 0. The van der Waals surface area contributed by atoms with Crippen LogP contribution in [-0.4, -0.2) is 12.0 Å². The largest absolute Gasteiger partial charge is 0.388 e. The molecule has 3 aromatic rings. The van der Waals surface area contributed by atoms with E-state index < -0.39 is 0 Å². The quantitative estimate of drug-likeness (QED) is 0.674. The number of hydrogen-bond donors (Lipinski definition) is 1. The van der Waals surface area contributed by atoms with Crippen molar-refractivity contribution in [3.63, 3.8) is 0 Å². The maximum atomic E-state index is 4.47. The van der Waals surface area contributed by atoms with Gasteiger partial charge in [-0.1, -0.05) is 11.8 Å². The van der Waals surface area contributed by atoms with Crippen LogP contribution in [0.4, 0.5) is 5.69 Å². The number of anilines is 1. The fourth-order valence-electron chi connectivity index (χ4n) is 2.28. The van der Waals surface area contributed by atoms with Crippen molar-refractivity contribution in [3.05, 3.63) is 58.1 Å². The summed E-state index contributed by atoms with van der Waals surface area (Å²) in [4.78, 5) is 4.47. The van der Waals surface area contributed by atoms with Crippen LogP contribution in [0, 0.1) is 25.7 Å². The number of benzene rings is 2. The number of aromatic nitrogens is 1. The summed E-state index contributed by atoms with van der Waals surface area (Å²) in [7, 11) is 1.93. The Morgan fingerprint density at radius 2 is 1.71 bits per heavy atom. The fourth-order valence-corrected chi connectivity index (χ4v) is 3.15. The number of aryl methyl sites for hydroxylation is 2. The number of nitrogens with zero attached hydrogens (tertiary/aromatic N) is 1. The van der Waals surface area contributed by atoms with Crippen LogP contribution in [0.15, 0.2) is 36.4 Å². The lowest BCUT2D eigenvalue weighted by molar-refractivity contribution is 1.35. The van der Waals surface area contributed by atoms with Crippen molar-refractivity contribution in [2.24, 2.45) is 0 Å². The van der Waals surface area contributed by atoms with Crippen LogP contribution >= 0.6 is 11.3 Å². The van der Waals surface area contributed by atoms with Crippen molar-refractivity contribution in [1.82, 2.24) is 4.98 Å². The molecule has 0 bridgehead atoms. The molecule has 104 valence electrons. The van der Waals surface area contributed by atoms with E-state index in [-0.39, 0.29) is 0 Å². The highest BCUT2D eigenvalue weighted by atomic mass is 32.1. The molecule has 0 aliphatic rings. The molecule has 0 radical (unpaired) electrons. The third-order valence-corrected chi connectivity index (χ3v) is 4.28. The third kappa shape index (κ3) is 2.91. The molecule has 0 aliphatic carbocycles. The lowest BCUT2D eigenvalue weighted by atomic mass is 10.1. The monoisotopic (exact) mass is 292 g/mol. The van der Waals surface area contributed by atoms with Gasteiger partial charge in [0.2, 0.25) is 0 Å². The highest BCUT2D eigenvalue weighted by Crippen LogP contribution is 2.22. The first-order chi connectivity index (χ1) is 10.2. The topological polar surface area (TPSA) is 24.9 Å². The molecule has 0 aliphatic heterocycles. The summed E-state index contributed by atoms with van der Waals surface area (Å²) in [5.74, 6) is 6.47. The number of thiazole rings is 1. The van der Waals surface area contributed by atoms with Gasteiger partial charge in [0, 0.05) is 23.9 Å². The molecule has 0 saturated heterocycles. The Balaban J connectivity index is 1.93. The molecule has 3 rings (SSSR count). The Labute approximate surface area is 128 Å². The van der Waals surface area contributed by atoms with Crippen LogP contribution in [0.2, 0.25) is 0 Å². The minimum atomic E-state index is 1.03. The van der Waals surface area contributed by atoms with Crippen molar-refractivity contribution >= 4 is 27.2 Å². The first-order valence-electron chi connectivity index (χ1n) is 6.83. The zero-order valence-corrected chi connectivity index (χ0v) is 13.1. The third-order valence-electron chi connectivity index (χ3n) is 3.34. The van der Waals surface area contributed by atoms with Crippen LogP contribution < -0.4 is 5.32 Å². The van der Waals surface area contributed by atoms with E-state index in [9.17, 15) is 0 Å². The maximum absolute atomic E-state index is 4.47. The van der Waals surface area contributed by atoms with Crippen LogP contribution in [0.1, 0.15) is 21.7 Å². The second-order valence-electron chi connectivity index (χ2n) is 4.95. The SMILES string of the molecule is CNc1ccc(C#Cc2ccc3nc(C)sc3c2)cc1C. The molecule has 0 fully saturated rings. The Morgan fingerprint density at radius 3 is 2.43 bits per heavy atom. The molecular formula is C18H16N2S. The average molecular weight is 292 g/mol.